The van der Waals surface area contributed by atoms with Crippen molar-refractivity contribution in [3.8, 4) is 11.4 Å². The summed E-state index contributed by atoms with van der Waals surface area (Å²) in [6, 6.07) is 8.23. The highest BCUT2D eigenvalue weighted by Crippen LogP contribution is 2.26. The predicted octanol–water partition coefficient (Wildman–Crippen LogP) is 3.76. The van der Waals surface area contributed by atoms with Crippen molar-refractivity contribution in [3.05, 3.63) is 40.0 Å². The summed E-state index contributed by atoms with van der Waals surface area (Å²) in [4.78, 5) is 8.83. The first-order valence-corrected chi connectivity index (χ1v) is 7.23. The minimum atomic E-state index is 0.393. The standard InChI is InChI=1S/C15H18BrN3O/c1-9(2)10-4-6-11(7-5-10)15-18-12(8-20-3)13(16)14(17)19-15/h4-7,9H,8H2,1-3H3,(H2,17,18,19). The fourth-order valence-electron chi connectivity index (χ4n) is 1.89. The van der Waals surface area contributed by atoms with Gasteiger partial charge in [0.2, 0.25) is 0 Å². The molecule has 0 saturated heterocycles. The highest BCUT2D eigenvalue weighted by atomic mass is 79.9. The number of hydrogen-bond acceptors (Lipinski definition) is 4. The zero-order valence-electron chi connectivity index (χ0n) is 11.9. The number of nitrogen functional groups attached to an aromatic ring is 1. The van der Waals surface area contributed by atoms with E-state index in [0.29, 0.717) is 28.6 Å². The molecule has 0 aliphatic rings. The van der Waals surface area contributed by atoms with Crippen LogP contribution < -0.4 is 5.73 Å². The first kappa shape index (κ1) is 14.9. The monoisotopic (exact) mass is 335 g/mol. The number of halogens is 1. The van der Waals surface area contributed by atoms with Crippen molar-refractivity contribution >= 4 is 21.7 Å². The smallest absolute Gasteiger partial charge is 0.161 e. The Morgan fingerprint density at radius 2 is 1.85 bits per heavy atom. The molecule has 0 amide bonds. The summed E-state index contributed by atoms with van der Waals surface area (Å²) in [5, 5.41) is 0. The molecule has 0 radical (unpaired) electrons. The number of methoxy groups -OCH3 is 1. The third-order valence-corrected chi connectivity index (χ3v) is 3.93. The van der Waals surface area contributed by atoms with Crippen LogP contribution in [0.5, 0.6) is 0 Å². The molecular formula is C15H18BrN3O. The molecule has 1 heterocycles. The highest BCUT2D eigenvalue weighted by molar-refractivity contribution is 9.10. The molecule has 0 bridgehead atoms. The number of nitrogens with zero attached hydrogens (tertiary/aromatic N) is 2. The first-order valence-electron chi connectivity index (χ1n) is 6.44. The molecule has 20 heavy (non-hydrogen) atoms. The minimum absolute atomic E-state index is 0.393. The maximum absolute atomic E-state index is 5.91. The molecule has 5 heteroatoms. The van der Waals surface area contributed by atoms with Gasteiger partial charge in [0.05, 0.1) is 16.8 Å². The van der Waals surface area contributed by atoms with E-state index in [4.69, 9.17) is 10.5 Å². The molecule has 1 aromatic carbocycles. The van der Waals surface area contributed by atoms with Crippen LogP contribution in [0.4, 0.5) is 5.82 Å². The third-order valence-electron chi connectivity index (χ3n) is 3.06. The summed E-state index contributed by atoms with van der Waals surface area (Å²) in [7, 11) is 1.63. The van der Waals surface area contributed by atoms with Gasteiger partial charge in [-0.15, -0.1) is 0 Å². The summed E-state index contributed by atoms with van der Waals surface area (Å²) in [5.74, 6) is 1.55. The molecule has 2 aromatic rings. The second-order valence-electron chi connectivity index (χ2n) is 4.90. The van der Waals surface area contributed by atoms with Crippen LogP contribution in [0.1, 0.15) is 31.0 Å². The molecule has 2 rings (SSSR count). The molecule has 0 spiro atoms. The lowest BCUT2D eigenvalue weighted by atomic mass is 10.0. The van der Waals surface area contributed by atoms with Crippen LogP contribution in [0.2, 0.25) is 0 Å². The Kier molecular flexibility index (Phi) is 4.73. The number of ether oxygens (including phenoxy) is 1. The summed E-state index contributed by atoms with van der Waals surface area (Å²) in [5.41, 5.74) is 8.90. The molecule has 0 aliphatic heterocycles. The van der Waals surface area contributed by atoms with Gasteiger partial charge < -0.3 is 10.5 Å². The molecule has 106 valence electrons. The van der Waals surface area contributed by atoms with E-state index in [0.717, 1.165) is 11.3 Å². The Hall–Kier alpha value is -1.46. The van der Waals surface area contributed by atoms with Gasteiger partial charge in [-0.1, -0.05) is 38.1 Å². The Morgan fingerprint density at radius 1 is 1.20 bits per heavy atom. The normalized spacial score (nSPS) is 11.1. The summed E-state index contributed by atoms with van der Waals surface area (Å²) in [6.45, 7) is 4.73. The molecule has 4 nitrogen and oxygen atoms in total. The Labute approximate surface area is 127 Å². The highest BCUT2D eigenvalue weighted by Gasteiger charge is 2.11. The number of benzene rings is 1. The largest absolute Gasteiger partial charge is 0.383 e. The van der Waals surface area contributed by atoms with Crippen molar-refractivity contribution in [1.29, 1.82) is 0 Å². The topological polar surface area (TPSA) is 61.0 Å². The van der Waals surface area contributed by atoms with Gasteiger partial charge in [-0.05, 0) is 27.4 Å². The molecule has 1 aromatic heterocycles. The predicted molar refractivity (Wildman–Crippen MR) is 84.4 cm³/mol. The van der Waals surface area contributed by atoms with Gasteiger partial charge in [-0.3, -0.25) is 0 Å². The van der Waals surface area contributed by atoms with Crippen LogP contribution in [0.15, 0.2) is 28.7 Å². The van der Waals surface area contributed by atoms with Gasteiger partial charge >= 0.3 is 0 Å². The van der Waals surface area contributed by atoms with E-state index in [1.54, 1.807) is 7.11 Å². The van der Waals surface area contributed by atoms with E-state index in [1.807, 2.05) is 12.1 Å². The lowest BCUT2D eigenvalue weighted by molar-refractivity contribution is 0.181. The van der Waals surface area contributed by atoms with E-state index >= 15 is 0 Å². The Morgan fingerprint density at radius 3 is 2.40 bits per heavy atom. The van der Waals surface area contributed by atoms with Crippen LogP contribution in [-0.2, 0) is 11.3 Å². The molecule has 0 unspecified atom stereocenters. The fraction of sp³-hybridized carbons (Fsp3) is 0.333. The second kappa shape index (κ2) is 6.33. The van der Waals surface area contributed by atoms with Crippen LogP contribution in [0, 0.1) is 0 Å². The van der Waals surface area contributed by atoms with E-state index in [9.17, 15) is 0 Å². The Bertz CT molecular complexity index is 597. The lowest BCUT2D eigenvalue weighted by Gasteiger charge is -2.10. The maximum atomic E-state index is 5.91. The third kappa shape index (κ3) is 3.16. The van der Waals surface area contributed by atoms with Gasteiger partial charge in [0.15, 0.2) is 5.82 Å². The van der Waals surface area contributed by atoms with Crippen molar-refractivity contribution < 1.29 is 4.74 Å². The molecule has 0 atom stereocenters. The van der Waals surface area contributed by atoms with Gasteiger partial charge in [0.25, 0.3) is 0 Å². The van der Waals surface area contributed by atoms with Crippen LogP contribution in [0.25, 0.3) is 11.4 Å². The van der Waals surface area contributed by atoms with Crippen molar-refractivity contribution in [2.75, 3.05) is 12.8 Å². The number of anilines is 1. The van der Waals surface area contributed by atoms with Crippen LogP contribution >= 0.6 is 15.9 Å². The average Bonchev–Trinajstić information content (AvgIpc) is 2.44. The van der Waals surface area contributed by atoms with Gasteiger partial charge in [-0.2, -0.15) is 0 Å². The fourth-order valence-corrected chi connectivity index (χ4v) is 2.18. The van der Waals surface area contributed by atoms with E-state index in [1.165, 1.54) is 5.56 Å². The van der Waals surface area contributed by atoms with Crippen LogP contribution in [-0.4, -0.2) is 17.1 Å². The molecular weight excluding hydrogens is 318 g/mol. The van der Waals surface area contributed by atoms with Crippen molar-refractivity contribution in [2.24, 2.45) is 0 Å². The Balaban J connectivity index is 2.41. The van der Waals surface area contributed by atoms with E-state index in [2.05, 4.69) is 51.9 Å². The number of rotatable bonds is 4. The lowest BCUT2D eigenvalue weighted by Crippen LogP contribution is -2.04. The van der Waals surface area contributed by atoms with Crippen LogP contribution in [0.3, 0.4) is 0 Å². The van der Waals surface area contributed by atoms with E-state index in [-0.39, 0.29) is 0 Å². The molecule has 0 fully saturated rings. The number of nitrogens with two attached hydrogens (primary N) is 1. The number of hydrogen-bond donors (Lipinski definition) is 1. The molecule has 0 saturated carbocycles. The quantitative estimate of drug-likeness (QED) is 0.923. The summed E-state index contributed by atoms with van der Waals surface area (Å²) < 4.78 is 5.83. The van der Waals surface area contributed by atoms with Crippen molar-refractivity contribution in [3.63, 3.8) is 0 Å². The number of aromatic nitrogens is 2. The summed E-state index contributed by atoms with van der Waals surface area (Å²) in [6.07, 6.45) is 0. The second-order valence-corrected chi connectivity index (χ2v) is 5.70. The zero-order valence-corrected chi connectivity index (χ0v) is 13.4. The van der Waals surface area contributed by atoms with Gasteiger partial charge in [-0.25, -0.2) is 9.97 Å². The molecule has 2 N–H and O–H groups in total. The maximum Gasteiger partial charge on any atom is 0.161 e. The molecule has 0 aliphatic carbocycles. The average molecular weight is 336 g/mol. The first-order chi connectivity index (χ1) is 9.52. The van der Waals surface area contributed by atoms with E-state index < -0.39 is 0 Å². The summed E-state index contributed by atoms with van der Waals surface area (Å²) >= 11 is 3.39. The van der Waals surface area contributed by atoms with Gasteiger partial charge in [0.1, 0.15) is 5.82 Å². The SMILES string of the molecule is COCc1nc(-c2ccc(C(C)C)cc2)nc(N)c1Br. The minimum Gasteiger partial charge on any atom is -0.383 e. The van der Waals surface area contributed by atoms with Crippen molar-refractivity contribution in [1.82, 2.24) is 9.97 Å². The zero-order chi connectivity index (χ0) is 14.7. The van der Waals surface area contributed by atoms with Gasteiger partial charge in [0, 0.05) is 12.7 Å². The van der Waals surface area contributed by atoms with Crippen molar-refractivity contribution in [2.45, 2.75) is 26.4 Å².